The quantitative estimate of drug-likeness (QED) is 0.631. The van der Waals surface area contributed by atoms with Crippen molar-refractivity contribution in [2.45, 2.75) is 20.8 Å². The summed E-state index contributed by atoms with van der Waals surface area (Å²) in [5, 5.41) is 0. The van der Waals surface area contributed by atoms with E-state index in [0.29, 0.717) is 5.69 Å². The number of aryl methyl sites for hydroxylation is 2. The zero-order chi connectivity index (χ0) is 10.0. The fourth-order valence-corrected chi connectivity index (χ4v) is 1.10. The molecule has 0 fully saturated rings. The number of rotatable bonds is 1. The number of nitrogens with zero attached hydrogens (tertiary/aromatic N) is 1. The van der Waals surface area contributed by atoms with Gasteiger partial charge in [-0.05, 0) is 25.5 Å². The normalized spacial score (nSPS) is 9.77. The lowest BCUT2D eigenvalue weighted by molar-refractivity contribution is -0.142. The van der Waals surface area contributed by atoms with Gasteiger partial charge < -0.3 is 4.84 Å². The van der Waals surface area contributed by atoms with Gasteiger partial charge in [0.1, 0.15) is 0 Å². The van der Waals surface area contributed by atoms with Crippen LogP contribution in [0.2, 0.25) is 0 Å². The summed E-state index contributed by atoms with van der Waals surface area (Å²) in [7, 11) is 0. The number of carbonyl (C=O) groups excluding carboxylic acids is 1. The van der Waals surface area contributed by atoms with Gasteiger partial charge in [0.05, 0.1) is 5.69 Å². The molecule has 4 nitrogen and oxygen atoms in total. The molecule has 4 heteroatoms. The van der Waals surface area contributed by atoms with E-state index in [4.69, 9.17) is 4.84 Å². The van der Waals surface area contributed by atoms with Crippen molar-refractivity contribution >= 4 is 5.97 Å². The molecule has 0 aliphatic rings. The molecule has 0 aromatic carbocycles. The topological polar surface area (TPSA) is 48.3 Å². The highest BCUT2D eigenvalue weighted by molar-refractivity contribution is 5.66. The second-order valence-electron chi connectivity index (χ2n) is 2.89. The average molecular weight is 181 g/mol. The molecule has 1 rings (SSSR count). The Morgan fingerprint density at radius 3 is 2.46 bits per heavy atom. The lowest BCUT2D eigenvalue weighted by Crippen LogP contribution is -2.30. The number of carbonyl (C=O) groups is 1. The summed E-state index contributed by atoms with van der Waals surface area (Å²) in [5.41, 5.74) is 1.14. The molecule has 0 unspecified atom stereocenters. The summed E-state index contributed by atoms with van der Waals surface area (Å²) in [6, 6.07) is 3.18. The standard InChI is InChI=1S/C9H11NO3/c1-6-4-7(2)10(9(12)5-6)13-8(3)11/h4-5H,1-3H3. The molecule has 0 radical (unpaired) electrons. The number of pyridine rings is 1. The first-order valence-electron chi connectivity index (χ1n) is 3.90. The molecule has 70 valence electrons. The number of aromatic nitrogens is 1. The lowest BCUT2D eigenvalue weighted by atomic mass is 10.2. The molecule has 1 heterocycles. The van der Waals surface area contributed by atoms with Crippen molar-refractivity contribution < 1.29 is 9.63 Å². The Morgan fingerprint density at radius 2 is 2.00 bits per heavy atom. The summed E-state index contributed by atoms with van der Waals surface area (Å²) < 4.78 is 0.981. The van der Waals surface area contributed by atoms with Crippen LogP contribution in [0.1, 0.15) is 18.2 Å². The first-order valence-corrected chi connectivity index (χ1v) is 3.90. The van der Waals surface area contributed by atoms with Gasteiger partial charge in [0.2, 0.25) is 0 Å². The molecule has 0 aliphatic heterocycles. The van der Waals surface area contributed by atoms with Gasteiger partial charge in [-0.3, -0.25) is 4.79 Å². The maximum absolute atomic E-state index is 11.3. The Hall–Kier alpha value is -1.58. The maximum Gasteiger partial charge on any atom is 0.330 e. The van der Waals surface area contributed by atoms with Crippen LogP contribution in [0.3, 0.4) is 0 Å². The molecule has 0 aliphatic carbocycles. The fraction of sp³-hybridized carbons (Fsp3) is 0.333. The van der Waals surface area contributed by atoms with Gasteiger partial charge in [0, 0.05) is 13.0 Å². The molecule has 1 aromatic rings. The molecule has 0 saturated heterocycles. The van der Waals surface area contributed by atoms with Crippen LogP contribution in [-0.4, -0.2) is 10.7 Å². The average Bonchev–Trinajstić information content (AvgIpc) is 1.96. The highest BCUT2D eigenvalue weighted by Gasteiger charge is 2.03. The van der Waals surface area contributed by atoms with Crippen molar-refractivity contribution in [3.05, 3.63) is 33.7 Å². The summed E-state index contributed by atoms with van der Waals surface area (Å²) in [6.07, 6.45) is 0. The van der Waals surface area contributed by atoms with Crippen LogP contribution in [0.5, 0.6) is 0 Å². The zero-order valence-electron chi connectivity index (χ0n) is 7.83. The molecule has 0 N–H and O–H groups in total. The van der Waals surface area contributed by atoms with E-state index < -0.39 is 5.97 Å². The van der Waals surface area contributed by atoms with Gasteiger partial charge >= 0.3 is 5.97 Å². The summed E-state index contributed by atoms with van der Waals surface area (Å²) in [4.78, 5) is 26.6. The van der Waals surface area contributed by atoms with Crippen molar-refractivity contribution in [1.82, 2.24) is 4.73 Å². The van der Waals surface area contributed by atoms with Crippen LogP contribution in [-0.2, 0) is 4.79 Å². The van der Waals surface area contributed by atoms with Crippen molar-refractivity contribution in [1.29, 1.82) is 0 Å². The molecule has 0 bridgehead atoms. The van der Waals surface area contributed by atoms with Crippen molar-refractivity contribution in [3.8, 4) is 0 Å². The van der Waals surface area contributed by atoms with Crippen molar-refractivity contribution in [2.75, 3.05) is 0 Å². The van der Waals surface area contributed by atoms with E-state index in [1.54, 1.807) is 13.0 Å². The van der Waals surface area contributed by atoms with E-state index in [-0.39, 0.29) is 5.56 Å². The second kappa shape index (κ2) is 3.43. The van der Waals surface area contributed by atoms with E-state index in [9.17, 15) is 9.59 Å². The maximum atomic E-state index is 11.3. The molecule has 0 amide bonds. The van der Waals surface area contributed by atoms with Crippen LogP contribution in [0.4, 0.5) is 0 Å². The monoisotopic (exact) mass is 181 g/mol. The van der Waals surface area contributed by atoms with Crippen LogP contribution < -0.4 is 10.4 Å². The molecular weight excluding hydrogens is 170 g/mol. The SMILES string of the molecule is CC(=O)On1c(C)cc(C)cc1=O. The Bertz CT molecular complexity index is 392. The third-order valence-electron chi connectivity index (χ3n) is 1.53. The van der Waals surface area contributed by atoms with Crippen LogP contribution in [0, 0.1) is 13.8 Å². The smallest absolute Gasteiger partial charge is 0.330 e. The summed E-state index contributed by atoms with van der Waals surface area (Å²) >= 11 is 0. The van der Waals surface area contributed by atoms with Gasteiger partial charge in [-0.1, -0.05) is 0 Å². The summed E-state index contributed by atoms with van der Waals surface area (Å²) in [5.74, 6) is -0.506. The second-order valence-corrected chi connectivity index (χ2v) is 2.89. The molecular formula is C9H11NO3. The molecule has 13 heavy (non-hydrogen) atoms. The predicted octanol–water partition coefficient (Wildman–Crippen LogP) is 0.440. The van der Waals surface area contributed by atoms with Gasteiger partial charge in [-0.25, -0.2) is 4.79 Å². The largest absolute Gasteiger partial charge is 0.334 e. The van der Waals surface area contributed by atoms with Crippen LogP contribution in [0.15, 0.2) is 16.9 Å². The van der Waals surface area contributed by atoms with E-state index in [1.165, 1.54) is 13.0 Å². The first kappa shape index (κ1) is 9.51. The van der Waals surface area contributed by atoms with Gasteiger partial charge in [-0.2, -0.15) is 0 Å². The minimum atomic E-state index is -0.506. The Kier molecular flexibility index (Phi) is 2.51. The Labute approximate surface area is 75.7 Å². The first-order chi connectivity index (χ1) is 6.00. The Morgan fingerprint density at radius 1 is 1.38 bits per heavy atom. The van der Waals surface area contributed by atoms with Gasteiger partial charge in [-0.15, -0.1) is 4.73 Å². The Balaban J connectivity index is 3.21. The number of hydrogen-bond donors (Lipinski definition) is 0. The van der Waals surface area contributed by atoms with E-state index in [1.807, 2.05) is 6.92 Å². The zero-order valence-corrected chi connectivity index (χ0v) is 7.83. The highest BCUT2D eigenvalue weighted by atomic mass is 16.7. The molecule has 1 aromatic heterocycles. The highest BCUT2D eigenvalue weighted by Crippen LogP contribution is 1.97. The molecule has 0 spiro atoms. The third-order valence-corrected chi connectivity index (χ3v) is 1.53. The van der Waals surface area contributed by atoms with Gasteiger partial charge in [0.25, 0.3) is 5.56 Å². The predicted molar refractivity (Wildman–Crippen MR) is 47.4 cm³/mol. The van der Waals surface area contributed by atoms with Crippen LogP contribution >= 0.6 is 0 Å². The van der Waals surface area contributed by atoms with Crippen molar-refractivity contribution in [2.24, 2.45) is 0 Å². The summed E-state index contributed by atoms with van der Waals surface area (Å²) in [6.45, 7) is 4.77. The number of hydrogen-bond acceptors (Lipinski definition) is 3. The van der Waals surface area contributed by atoms with Crippen LogP contribution in [0.25, 0.3) is 0 Å². The fourth-order valence-electron chi connectivity index (χ4n) is 1.10. The van der Waals surface area contributed by atoms with E-state index >= 15 is 0 Å². The molecule has 0 saturated carbocycles. The van der Waals surface area contributed by atoms with E-state index in [0.717, 1.165) is 10.3 Å². The molecule has 0 atom stereocenters. The minimum Gasteiger partial charge on any atom is -0.334 e. The van der Waals surface area contributed by atoms with E-state index in [2.05, 4.69) is 0 Å². The minimum absolute atomic E-state index is 0.326. The third kappa shape index (κ3) is 2.18. The van der Waals surface area contributed by atoms with Gasteiger partial charge in [0.15, 0.2) is 0 Å². The van der Waals surface area contributed by atoms with Crippen molar-refractivity contribution in [3.63, 3.8) is 0 Å². The lowest BCUT2D eigenvalue weighted by Gasteiger charge is -2.07.